The minimum Gasteiger partial charge on any atom is -0.479 e. The molecule has 2 saturated heterocycles. The lowest BCUT2D eigenvalue weighted by molar-refractivity contribution is -0.323. The van der Waals surface area contributed by atoms with Gasteiger partial charge >= 0.3 is 5.97 Å². The van der Waals surface area contributed by atoms with Crippen molar-refractivity contribution in [3.05, 3.63) is 0 Å². The molecule has 0 saturated carbocycles. The molecule has 0 aromatic heterocycles. The van der Waals surface area contributed by atoms with E-state index >= 15 is 0 Å². The Morgan fingerprint density at radius 2 is 1.56 bits per heavy atom. The number of carboxylic acid groups (broad SMARTS) is 1. The highest BCUT2D eigenvalue weighted by Crippen LogP contribution is 2.26. The summed E-state index contributed by atoms with van der Waals surface area (Å²) in [5, 5.41) is 67.2. The predicted octanol–water partition coefficient (Wildman–Crippen LogP) is -4.65. The predicted molar refractivity (Wildman–Crippen MR) is 74.0 cm³/mol. The number of hydrogen-bond acceptors (Lipinski definition) is 11. The minimum atomic E-state index is -1.78. The largest absolute Gasteiger partial charge is 0.479 e. The van der Waals surface area contributed by atoms with Gasteiger partial charge in [-0.2, -0.15) is 0 Å². The summed E-state index contributed by atoms with van der Waals surface area (Å²) in [6.45, 7) is -0.541. The van der Waals surface area contributed by atoms with Gasteiger partial charge in [-0.15, -0.1) is 0 Å². The smallest absolute Gasteiger partial charge is 0.335 e. The fourth-order valence-corrected chi connectivity index (χ4v) is 2.69. The summed E-state index contributed by atoms with van der Waals surface area (Å²) in [4.78, 5) is 11.2. The Morgan fingerprint density at radius 3 is 2.12 bits per heavy atom. The lowest BCUT2D eigenvalue weighted by atomic mass is 9.98. The molecule has 2 aliphatic heterocycles. The Morgan fingerprint density at radius 1 is 0.920 bits per heavy atom. The van der Waals surface area contributed by atoms with E-state index in [1.165, 1.54) is 0 Å². The number of aliphatic hydroxyl groups is 6. The maximum Gasteiger partial charge on any atom is 0.335 e. The molecule has 10 atom stereocenters. The van der Waals surface area contributed by atoms with Crippen LogP contribution in [0.15, 0.2) is 0 Å². The van der Waals surface area contributed by atoms with Crippen molar-refractivity contribution < 1.29 is 59.5 Å². The fourth-order valence-electron chi connectivity index (χ4n) is 2.69. The summed E-state index contributed by atoms with van der Waals surface area (Å²) in [5.74, 6) is -1.45. The number of rotatable bonds is 5. The topological polar surface area (TPSA) is 196 Å². The van der Waals surface area contributed by atoms with Crippen LogP contribution in [0.5, 0.6) is 0 Å². The maximum atomic E-state index is 11.2. The molecule has 146 valence electrons. The summed E-state index contributed by atoms with van der Waals surface area (Å²) in [7, 11) is 1.14. The van der Waals surface area contributed by atoms with Gasteiger partial charge in [-0.25, -0.2) is 4.79 Å². The Balaban J connectivity index is 2.01. The average molecular weight is 370 g/mol. The highest BCUT2D eigenvalue weighted by molar-refractivity contribution is 5.73. The summed E-state index contributed by atoms with van der Waals surface area (Å²) in [6.07, 6.45) is -16.0. The molecule has 12 heteroatoms. The number of carboxylic acids is 1. The third-order valence-electron chi connectivity index (χ3n) is 4.17. The molecule has 2 aliphatic rings. The number of aliphatic hydroxyl groups excluding tert-OH is 6. The highest BCUT2D eigenvalue weighted by atomic mass is 16.7. The number of hydrogen-bond donors (Lipinski definition) is 7. The van der Waals surface area contributed by atoms with Crippen LogP contribution in [0.25, 0.3) is 0 Å². The maximum absolute atomic E-state index is 11.2. The van der Waals surface area contributed by atoms with Crippen LogP contribution in [-0.4, -0.2) is 117 Å². The van der Waals surface area contributed by atoms with Gasteiger partial charge in [0, 0.05) is 7.11 Å². The van der Waals surface area contributed by atoms with Gasteiger partial charge in [0.15, 0.2) is 18.7 Å². The van der Waals surface area contributed by atoms with Gasteiger partial charge in [-0.05, 0) is 0 Å². The first kappa shape index (κ1) is 20.4. The van der Waals surface area contributed by atoms with Crippen LogP contribution < -0.4 is 0 Å². The molecule has 0 aromatic rings. The number of carbonyl (C=O) groups is 1. The summed E-state index contributed by atoms with van der Waals surface area (Å²) < 4.78 is 19.9. The highest BCUT2D eigenvalue weighted by Gasteiger charge is 2.49. The van der Waals surface area contributed by atoms with Crippen molar-refractivity contribution in [2.45, 2.75) is 61.4 Å². The first-order chi connectivity index (χ1) is 11.7. The molecular weight excluding hydrogens is 348 g/mol. The normalized spacial score (nSPS) is 48.3. The van der Waals surface area contributed by atoms with Crippen LogP contribution in [0.1, 0.15) is 0 Å². The molecule has 25 heavy (non-hydrogen) atoms. The molecule has 2 heterocycles. The zero-order valence-electron chi connectivity index (χ0n) is 13.2. The number of aliphatic carboxylic acids is 1. The quantitative estimate of drug-likeness (QED) is 0.245. The molecule has 12 nitrogen and oxygen atoms in total. The van der Waals surface area contributed by atoms with Crippen LogP contribution in [0.4, 0.5) is 0 Å². The van der Waals surface area contributed by atoms with Crippen molar-refractivity contribution >= 4 is 5.97 Å². The molecule has 0 aliphatic carbocycles. The monoisotopic (exact) mass is 370 g/mol. The summed E-state index contributed by atoms with van der Waals surface area (Å²) >= 11 is 0. The molecule has 2 fully saturated rings. The standard InChI is InChI=1S/C13H22O12/c1-22-9-6(16)8(18)13(25-10(9)11(19)20)23-2-3-4(14)5(15)7(17)12(21)24-3/h3-10,12-18,21H,2H2,1H3,(H,19,20). The molecule has 0 bridgehead atoms. The summed E-state index contributed by atoms with van der Waals surface area (Å²) in [6, 6.07) is 0. The van der Waals surface area contributed by atoms with E-state index in [2.05, 4.69) is 0 Å². The number of ether oxygens (including phenoxy) is 4. The van der Waals surface area contributed by atoms with E-state index in [9.17, 15) is 35.4 Å². The third-order valence-corrected chi connectivity index (χ3v) is 4.17. The van der Waals surface area contributed by atoms with E-state index in [0.29, 0.717) is 0 Å². The van der Waals surface area contributed by atoms with Gasteiger partial charge in [0.1, 0.15) is 42.7 Å². The second-order valence-corrected chi connectivity index (χ2v) is 5.82. The second kappa shape index (κ2) is 8.18. The van der Waals surface area contributed by atoms with E-state index in [4.69, 9.17) is 24.1 Å². The Labute approximate surface area is 141 Å². The zero-order valence-corrected chi connectivity index (χ0v) is 13.2. The van der Waals surface area contributed by atoms with Gasteiger partial charge in [0.05, 0.1) is 6.61 Å². The van der Waals surface area contributed by atoms with E-state index in [1.807, 2.05) is 0 Å². The van der Waals surface area contributed by atoms with Crippen LogP contribution in [0, 0.1) is 0 Å². The van der Waals surface area contributed by atoms with E-state index < -0.39 is 74.0 Å². The third kappa shape index (κ3) is 4.09. The van der Waals surface area contributed by atoms with Gasteiger partial charge < -0.3 is 54.7 Å². The molecule has 0 aromatic carbocycles. The molecule has 10 unspecified atom stereocenters. The lowest BCUT2D eigenvalue weighted by Gasteiger charge is -2.42. The Kier molecular flexibility index (Phi) is 6.67. The molecule has 7 N–H and O–H groups in total. The first-order valence-electron chi connectivity index (χ1n) is 7.45. The number of methoxy groups -OCH3 is 1. The minimum absolute atomic E-state index is 0.541. The molecule has 0 spiro atoms. The van der Waals surface area contributed by atoms with Crippen molar-refractivity contribution in [1.82, 2.24) is 0 Å². The first-order valence-corrected chi connectivity index (χ1v) is 7.45. The molecule has 0 amide bonds. The van der Waals surface area contributed by atoms with Gasteiger partial charge in [-0.1, -0.05) is 0 Å². The van der Waals surface area contributed by atoms with E-state index in [0.717, 1.165) is 7.11 Å². The van der Waals surface area contributed by atoms with Crippen LogP contribution in [-0.2, 0) is 23.7 Å². The SMILES string of the molecule is COC1C(C(=O)O)OC(OCC2OC(O)C(O)C(O)C2O)C(O)C1O. The van der Waals surface area contributed by atoms with Crippen LogP contribution >= 0.6 is 0 Å². The van der Waals surface area contributed by atoms with Crippen molar-refractivity contribution in [3.63, 3.8) is 0 Å². The van der Waals surface area contributed by atoms with Crippen LogP contribution in [0.3, 0.4) is 0 Å². The average Bonchev–Trinajstić information content (AvgIpc) is 2.57. The summed E-state index contributed by atoms with van der Waals surface area (Å²) in [5.41, 5.74) is 0. The van der Waals surface area contributed by atoms with Crippen molar-refractivity contribution in [2.75, 3.05) is 13.7 Å². The van der Waals surface area contributed by atoms with Crippen molar-refractivity contribution in [1.29, 1.82) is 0 Å². The second-order valence-electron chi connectivity index (χ2n) is 5.82. The van der Waals surface area contributed by atoms with Gasteiger partial charge in [0.25, 0.3) is 0 Å². The Hall–Kier alpha value is -0.930. The van der Waals surface area contributed by atoms with Crippen molar-refractivity contribution in [2.24, 2.45) is 0 Å². The Bertz CT molecular complexity index is 460. The van der Waals surface area contributed by atoms with Crippen molar-refractivity contribution in [3.8, 4) is 0 Å². The van der Waals surface area contributed by atoms with E-state index in [1.54, 1.807) is 0 Å². The molecule has 2 rings (SSSR count). The fraction of sp³-hybridized carbons (Fsp3) is 0.923. The molecule has 0 radical (unpaired) electrons. The van der Waals surface area contributed by atoms with E-state index in [-0.39, 0.29) is 0 Å². The zero-order chi connectivity index (χ0) is 18.9. The van der Waals surface area contributed by atoms with Gasteiger partial charge in [0.2, 0.25) is 0 Å². The lowest BCUT2D eigenvalue weighted by Crippen LogP contribution is -2.62. The van der Waals surface area contributed by atoms with Crippen LogP contribution in [0.2, 0.25) is 0 Å². The van der Waals surface area contributed by atoms with Gasteiger partial charge in [-0.3, -0.25) is 0 Å². The molecular formula is C13H22O12.